The fourth-order valence-electron chi connectivity index (χ4n) is 2.34. The number of fused-ring (bicyclic) bond motifs is 1. The van der Waals surface area contributed by atoms with E-state index >= 15 is 0 Å². The Kier molecular flexibility index (Phi) is 4.20. The van der Waals surface area contributed by atoms with E-state index in [1.807, 2.05) is 18.2 Å². The molecule has 1 heterocycles. The molecule has 1 N–H and O–H groups in total. The average molecular weight is 260 g/mol. The van der Waals surface area contributed by atoms with Gasteiger partial charge < -0.3 is 10.2 Å². The zero-order chi connectivity index (χ0) is 13.8. The van der Waals surface area contributed by atoms with E-state index in [2.05, 4.69) is 12.2 Å². The second kappa shape index (κ2) is 5.87. The monoisotopic (exact) mass is 260 g/mol. The topological polar surface area (TPSA) is 49.4 Å². The summed E-state index contributed by atoms with van der Waals surface area (Å²) in [6.07, 6.45) is 3.34. The van der Waals surface area contributed by atoms with Crippen molar-refractivity contribution >= 4 is 23.2 Å². The lowest BCUT2D eigenvalue weighted by Gasteiger charge is -2.15. The van der Waals surface area contributed by atoms with Gasteiger partial charge >= 0.3 is 0 Å². The number of unbranched alkanes of at least 4 members (excludes halogenated alkanes) is 1. The Morgan fingerprint density at radius 3 is 2.84 bits per heavy atom. The standard InChI is InChI=1S/C15H20N2O2/c1-3-4-5-15(19)16-13-7-6-12-8-9-17(11(2)18)14(12)10-13/h6-7,10H,3-5,8-9H2,1-2H3,(H,16,19). The number of carbonyl (C=O) groups excluding carboxylic acids is 2. The van der Waals surface area contributed by atoms with E-state index in [0.29, 0.717) is 6.42 Å². The molecule has 0 aromatic heterocycles. The van der Waals surface area contributed by atoms with Gasteiger partial charge in [0, 0.05) is 31.3 Å². The third-order valence-corrected chi connectivity index (χ3v) is 3.40. The molecule has 0 unspecified atom stereocenters. The minimum Gasteiger partial charge on any atom is -0.326 e. The lowest BCUT2D eigenvalue weighted by Crippen LogP contribution is -2.25. The molecule has 0 aliphatic carbocycles. The molecule has 0 atom stereocenters. The van der Waals surface area contributed by atoms with Gasteiger partial charge in [-0.05, 0) is 30.5 Å². The summed E-state index contributed by atoms with van der Waals surface area (Å²) >= 11 is 0. The second-order valence-electron chi connectivity index (χ2n) is 4.92. The summed E-state index contributed by atoms with van der Waals surface area (Å²) in [5.41, 5.74) is 2.87. The van der Waals surface area contributed by atoms with Gasteiger partial charge in [0.1, 0.15) is 0 Å². The van der Waals surface area contributed by atoms with Crippen molar-refractivity contribution in [3.8, 4) is 0 Å². The first-order valence-electron chi connectivity index (χ1n) is 6.82. The fourth-order valence-corrected chi connectivity index (χ4v) is 2.34. The van der Waals surface area contributed by atoms with E-state index in [0.717, 1.165) is 37.2 Å². The zero-order valence-corrected chi connectivity index (χ0v) is 11.5. The summed E-state index contributed by atoms with van der Waals surface area (Å²) in [6.45, 7) is 4.37. The van der Waals surface area contributed by atoms with Gasteiger partial charge in [-0.25, -0.2) is 0 Å². The van der Waals surface area contributed by atoms with Crippen LogP contribution in [0.25, 0.3) is 0 Å². The molecule has 1 aromatic rings. The maximum atomic E-state index is 11.7. The van der Waals surface area contributed by atoms with Crippen LogP contribution in [0.3, 0.4) is 0 Å². The first-order chi connectivity index (χ1) is 9.11. The Hall–Kier alpha value is -1.84. The van der Waals surface area contributed by atoms with Crippen LogP contribution in [0.2, 0.25) is 0 Å². The van der Waals surface area contributed by atoms with Crippen molar-refractivity contribution in [3.05, 3.63) is 23.8 Å². The van der Waals surface area contributed by atoms with Crippen LogP contribution in [0.5, 0.6) is 0 Å². The maximum Gasteiger partial charge on any atom is 0.224 e. The molecule has 1 aliphatic rings. The molecule has 1 aliphatic heterocycles. The molecule has 102 valence electrons. The van der Waals surface area contributed by atoms with Gasteiger partial charge in [-0.3, -0.25) is 9.59 Å². The van der Waals surface area contributed by atoms with E-state index in [-0.39, 0.29) is 11.8 Å². The summed E-state index contributed by atoms with van der Waals surface area (Å²) in [6, 6.07) is 5.80. The van der Waals surface area contributed by atoms with Gasteiger partial charge in [0.2, 0.25) is 11.8 Å². The van der Waals surface area contributed by atoms with Gasteiger partial charge in [-0.2, -0.15) is 0 Å². The number of carbonyl (C=O) groups is 2. The third kappa shape index (κ3) is 3.13. The van der Waals surface area contributed by atoms with Crippen molar-refractivity contribution in [1.29, 1.82) is 0 Å². The van der Waals surface area contributed by atoms with Crippen molar-refractivity contribution < 1.29 is 9.59 Å². The van der Waals surface area contributed by atoms with Crippen molar-refractivity contribution in [2.75, 3.05) is 16.8 Å². The Balaban J connectivity index is 2.10. The molecule has 0 bridgehead atoms. The predicted octanol–water partition coefficient (Wildman–Crippen LogP) is 2.72. The summed E-state index contributed by atoms with van der Waals surface area (Å²) in [5.74, 6) is 0.0855. The van der Waals surface area contributed by atoms with E-state index < -0.39 is 0 Å². The number of anilines is 2. The fraction of sp³-hybridized carbons (Fsp3) is 0.467. The van der Waals surface area contributed by atoms with E-state index in [1.165, 1.54) is 5.56 Å². The Bertz CT molecular complexity index is 497. The quantitative estimate of drug-likeness (QED) is 0.905. The molecule has 2 rings (SSSR count). The molecule has 0 spiro atoms. The molecule has 4 heteroatoms. The zero-order valence-electron chi connectivity index (χ0n) is 11.5. The molecule has 2 amide bonds. The van der Waals surface area contributed by atoms with Gasteiger partial charge in [-0.15, -0.1) is 0 Å². The molecule has 0 saturated heterocycles. The predicted molar refractivity (Wildman–Crippen MR) is 76.3 cm³/mol. The Morgan fingerprint density at radius 1 is 1.37 bits per heavy atom. The molecule has 1 aromatic carbocycles. The number of amides is 2. The summed E-state index contributed by atoms with van der Waals surface area (Å²) in [5, 5.41) is 2.89. The average Bonchev–Trinajstić information content (AvgIpc) is 2.79. The van der Waals surface area contributed by atoms with Gasteiger partial charge in [0.25, 0.3) is 0 Å². The first-order valence-corrected chi connectivity index (χ1v) is 6.82. The van der Waals surface area contributed by atoms with Crippen molar-refractivity contribution in [3.63, 3.8) is 0 Å². The minimum atomic E-state index is 0.0363. The maximum absolute atomic E-state index is 11.7. The van der Waals surface area contributed by atoms with Crippen LogP contribution in [-0.2, 0) is 16.0 Å². The highest BCUT2D eigenvalue weighted by Crippen LogP contribution is 2.30. The molecule has 0 radical (unpaired) electrons. The van der Waals surface area contributed by atoms with Crippen LogP contribution in [0, 0.1) is 0 Å². The molecule has 0 saturated carbocycles. The summed E-state index contributed by atoms with van der Waals surface area (Å²) in [4.78, 5) is 25.0. The minimum absolute atomic E-state index is 0.0363. The number of rotatable bonds is 4. The molecule has 4 nitrogen and oxygen atoms in total. The van der Waals surface area contributed by atoms with Crippen LogP contribution < -0.4 is 10.2 Å². The van der Waals surface area contributed by atoms with Crippen LogP contribution in [0.15, 0.2) is 18.2 Å². The van der Waals surface area contributed by atoms with Gasteiger partial charge in [0.05, 0.1) is 0 Å². The third-order valence-electron chi connectivity index (χ3n) is 3.40. The van der Waals surface area contributed by atoms with E-state index in [1.54, 1.807) is 11.8 Å². The smallest absolute Gasteiger partial charge is 0.224 e. The Labute approximate surface area is 113 Å². The van der Waals surface area contributed by atoms with Crippen LogP contribution in [-0.4, -0.2) is 18.4 Å². The highest BCUT2D eigenvalue weighted by Gasteiger charge is 2.22. The number of hydrogen-bond acceptors (Lipinski definition) is 2. The lowest BCUT2D eigenvalue weighted by atomic mass is 10.1. The van der Waals surface area contributed by atoms with Gasteiger partial charge in [-0.1, -0.05) is 19.4 Å². The number of nitrogens with zero attached hydrogens (tertiary/aromatic N) is 1. The van der Waals surface area contributed by atoms with Gasteiger partial charge in [0.15, 0.2) is 0 Å². The number of benzene rings is 1. The SMILES string of the molecule is CCCCC(=O)Nc1ccc2c(c1)N(C(C)=O)CC2. The van der Waals surface area contributed by atoms with Crippen LogP contribution in [0.1, 0.15) is 38.7 Å². The summed E-state index contributed by atoms with van der Waals surface area (Å²) in [7, 11) is 0. The highest BCUT2D eigenvalue weighted by atomic mass is 16.2. The highest BCUT2D eigenvalue weighted by molar-refractivity contribution is 5.96. The van der Waals surface area contributed by atoms with Crippen molar-refractivity contribution in [2.45, 2.75) is 39.5 Å². The Morgan fingerprint density at radius 2 is 2.16 bits per heavy atom. The van der Waals surface area contributed by atoms with Crippen molar-refractivity contribution in [2.24, 2.45) is 0 Å². The lowest BCUT2D eigenvalue weighted by molar-refractivity contribution is -0.117. The normalized spacial score (nSPS) is 13.3. The molecule has 19 heavy (non-hydrogen) atoms. The van der Waals surface area contributed by atoms with E-state index in [9.17, 15) is 9.59 Å². The second-order valence-corrected chi connectivity index (χ2v) is 4.92. The number of nitrogens with one attached hydrogen (secondary N) is 1. The molecule has 0 fully saturated rings. The molecular formula is C15H20N2O2. The van der Waals surface area contributed by atoms with Crippen LogP contribution >= 0.6 is 0 Å². The van der Waals surface area contributed by atoms with Crippen LogP contribution in [0.4, 0.5) is 11.4 Å². The summed E-state index contributed by atoms with van der Waals surface area (Å²) < 4.78 is 0. The molecular weight excluding hydrogens is 240 g/mol. The first kappa shape index (κ1) is 13.6. The van der Waals surface area contributed by atoms with Crippen molar-refractivity contribution in [1.82, 2.24) is 0 Å². The van der Waals surface area contributed by atoms with E-state index in [4.69, 9.17) is 0 Å². The largest absolute Gasteiger partial charge is 0.326 e. The number of hydrogen-bond donors (Lipinski definition) is 1.